The third-order valence-electron chi connectivity index (χ3n) is 3.21. The minimum atomic E-state index is -0.193. The molecule has 0 spiro atoms. The monoisotopic (exact) mass is 289 g/mol. The number of nitrogens with one attached hydrogen (secondary N) is 1. The standard InChI is InChI=1S/C16H16FNOS/c1-2-7-18-16(13-4-3-8-19-13)15-9-11-5-6-12(17)10-14(11)20-15/h3-6,8-10,16,18H,2,7H2,1H3. The van der Waals surface area contributed by atoms with E-state index in [0.717, 1.165) is 33.7 Å². The molecule has 1 aromatic carbocycles. The highest BCUT2D eigenvalue weighted by molar-refractivity contribution is 7.19. The summed E-state index contributed by atoms with van der Waals surface area (Å²) in [5.74, 6) is 0.701. The van der Waals surface area contributed by atoms with Crippen molar-refractivity contribution in [3.8, 4) is 0 Å². The summed E-state index contributed by atoms with van der Waals surface area (Å²) in [5.41, 5.74) is 0. The molecule has 0 amide bonds. The first-order valence-electron chi connectivity index (χ1n) is 6.73. The van der Waals surface area contributed by atoms with Crippen molar-refractivity contribution in [1.82, 2.24) is 5.32 Å². The normalized spacial score (nSPS) is 12.9. The van der Waals surface area contributed by atoms with E-state index in [2.05, 4.69) is 18.3 Å². The zero-order valence-electron chi connectivity index (χ0n) is 11.2. The second-order valence-corrected chi connectivity index (χ2v) is 5.85. The van der Waals surface area contributed by atoms with Crippen LogP contribution in [0.1, 0.15) is 30.0 Å². The van der Waals surface area contributed by atoms with Crippen molar-refractivity contribution in [2.24, 2.45) is 0 Å². The molecular weight excluding hydrogens is 273 g/mol. The van der Waals surface area contributed by atoms with Crippen LogP contribution in [0.5, 0.6) is 0 Å². The maximum absolute atomic E-state index is 13.3. The second-order valence-electron chi connectivity index (χ2n) is 4.73. The van der Waals surface area contributed by atoms with Crippen molar-refractivity contribution in [2.45, 2.75) is 19.4 Å². The molecule has 2 nitrogen and oxygen atoms in total. The Balaban J connectivity index is 1.99. The summed E-state index contributed by atoms with van der Waals surface area (Å²) in [4.78, 5) is 1.15. The second kappa shape index (κ2) is 5.77. The van der Waals surface area contributed by atoms with Gasteiger partial charge in [-0.15, -0.1) is 11.3 Å². The Kier molecular flexibility index (Phi) is 3.85. The van der Waals surface area contributed by atoms with Gasteiger partial charge in [0.25, 0.3) is 0 Å². The fraction of sp³-hybridized carbons (Fsp3) is 0.250. The van der Waals surface area contributed by atoms with Crippen LogP contribution in [0.3, 0.4) is 0 Å². The molecule has 0 fully saturated rings. The van der Waals surface area contributed by atoms with E-state index in [0.29, 0.717) is 0 Å². The van der Waals surface area contributed by atoms with Crippen molar-refractivity contribution in [1.29, 1.82) is 0 Å². The number of rotatable bonds is 5. The number of thiophene rings is 1. The fourth-order valence-electron chi connectivity index (χ4n) is 2.25. The van der Waals surface area contributed by atoms with Gasteiger partial charge in [-0.2, -0.15) is 0 Å². The molecule has 0 aliphatic rings. The summed E-state index contributed by atoms with van der Waals surface area (Å²) in [6.45, 7) is 3.04. The molecular formula is C16H16FNOS. The van der Waals surface area contributed by atoms with Gasteiger partial charge >= 0.3 is 0 Å². The van der Waals surface area contributed by atoms with Crippen LogP contribution in [-0.2, 0) is 0 Å². The molecule has 1 N–H and O–H groups in total. The number of benzene rings is 1. The van der Waals surface area contributed by atoms with Gasteiger partial charge in [-0.1, -0.05) is 13.0 Å². The first kappa shape index (κ1) is 13.3. The number of fused-ring (bicyclic) bond motifs is 1. The Morgan fingerprint density at radius 3 is 2.95 bits per heavy atom. The van der Waals surface area contributed by atoms with Crippen molar-refractivity contribution < 1.29 is 8.81 Å². The number of furan rings is 1. The van der Waals surface area contributed by atoms with Crippen LogP contribution in [0.2, 0.25) is 0 Å². The third kappa shape index (κ3) is 2.62. The first-order chi connectivity index (χ1) is 9.78. The molecule has 2 aromatic heterocycles. The lowest BCUT2D eigenvalue weighted by Gasteiger charge is -2.14. The van der Waals surface area contributed by atoms with Crippen LogP contribution in [0.4, 0.5) is 4.39 Å². The van der Waals surface area contributed by atoms with Gasteiger partial charge in [0.05, 0.1) is 6.26 Å². The Morgan fingerprint density at radius 1 is 1.30 bits per heavy atom. The minimum Gasteiger partial charge on any atom is -0.467 e. The van der Waals surface area contributed by atoms with Crippen LogP contribution in [0, 0.1) is 5.82 Å². The van der Waals surface area contributed by atoms with E-state index >= 15 is 0 Å². The van der Waals surface area contributed by atoms with Crippen LogP contribution in [0.15, 0.2) is 47.1 Å². The molecule has 1 atom stereocenters. The lowest BCUT2D eigenvalue weighted by Crippen LogP contribution is -2.21. The van der Waals surface area contributed by atoms with Crippen molar-refractivity contribution >= 4 is 21.4 Å². The average molecular weight is 289 g/mol. The van der Waals surface area contributed by atoms with Crippen molar-refractivity contribution in [2.75, 3.05) is 6.54 Å². The van der Waals surface area contributed by atoms with Gasteiger partial charge < -0.3 is 9.73 Å². The van der Waals surface area contributed by atoms with E-state index in [1.165, 1.54) is 6.07 Å². The van der Waals surface area contributed by atoms with Gasteiger partial charge in [0.15, 0.2) is 0 Å². The smallest absolute Gasteiger partial charge is 0.126 e. The zero-order chi connectivity index (χ0) is 13.9. The molecule has 20 heavy (non-hydrogen) atoms. The van der Waals surface area contributed by atoms with Gasteiger partial charge in [-0.25, -0.2) is 4.39 Å². The lowest BCUT2D eigenvalue weighted by atomic mass is 10.1. The molecule has 0 aliphatic carbocycles. The van der Waals surface area contributed by atoms with E-state index < -0.39 is 0 Å². The molecule has 3 aromatic rings. The first-order valence-corrected chi connectivity index (χ1v) is 7.55. The Hall–Kier alpha value is -1.65. The molecule has 2 heterocycles. The van der Waals surface area contributed by atoms with Crippen LogP contribution >= 0.6 is 11.3 Å². The predicted octanol–water partition coefficient (Wildman–Crippen LogP) is 4.72. The third-order valence-corrected chi connectivity index (χ3v) is 4.37. The van der Waals surface area contributed by atoms with E-state index in [1.54, 1.807) is 23.7 Å². The molecule has 104 valence electrons. The van der Waals surface area contributed by atoms with Gasteiger partial charge in [-0.05, 0) is 48.7 Å². The number of hydrogen-bond acceptors (Lipinski definition) is 3. The predicted molar refractivity (Wildman–Crippen MR) is 80.6 cm³/mol. The van der Waals surface area contributed by atoms with E-state index in [1.807, 2.05) is 18.2 Å². The summed E-state index contributed by atoms with van der Waals surface area (Å²) in [6.07, 6.45) is 2.74. The molecule has 0 radical (unpaired) electrons. The summed E-state index contributed by atoms with van der Waals surface area (Å²) >= 11 is 1.61. The molecule has 3 rings (SSSR count). The molecule has 0 aliphatic heterocycles. The lowest BCUT2D eigenvalue weighted by molar-refractivity contribution is 0.450. The van der Waals surface area contributed by atoms with Crippen LogP contribution in [-0.4, -0.2) is 6.54 Å². The highest BCUT2D eigenvalue weighted by Crippen LogP contribution is 2.33. The van der Waals surface area contributed by atoms with Crippen LogP contribution < -0.4 is 5.32 Å². The van der Waals surface area contributed by atoms with Crippen LogP contribution in [0.25, 0.3) is 10.1 Å². The summed E-state index contributed by atoms with van der Waals surface area (Å²) < 4.78 is 19.8. The Morgan fingerprint density at radius 2 is 2.20 bits per heavy atom. The average Bonchev–Trinajstić information content (AvgIpc) is 3.08. The highest BCUT2D eigenvalue weighted by Gasteiger charge is 2.18. The summed E-state index contributed by atoms with van der Waals surface area (Å²) in [5, 5.41) is 4.56. The minimum absolute atomic E-state index is 0.0328. The topological polar surface area (TPSA) is 25.2 Å². The van der Waals surface area contributed by atoms with Crippen molar-refractivity contribution in [3.05, 3.63) is 59.1 Å². The van der Waals surface area contributed by atoms with Gasteiger partial charge in [0.1, 0.15) is 17.6 Å². The summed E-state index contributed by atoms with van der Waals surface area (Å²) in [7, 11) is 0. The van der Waals surface area contributed by atoms with Crippen molar-refractivity contribution in [3.63, 3.8) is 0 Å². The maximum atomic E-state index is 13.3. The van der Waals surface area contributed by atoms with E-state index in [9.17, 15) is 4.39 Å². The summed E-state index contributed by atoms with van der Waals surface area (Å²) in [6, 6.07) is 10.9. The SMILES string of the molecule is CCCNC(c1ccco1)c1cc2ccc(F)cc2s1. The Bertz CT molecular complexity index is 690. The van der Waals surface area contributed by atoms with Gasteiger partial charge in [-0.3, -0.25) is 0 Å². The molecule has 0 bridgehead atoms. The Labute approximate surface area is 121 Å². The molecule has 0 saturated carbocycles. The number of halogens is 1. The highest BCUT2D eigenvalue weighted by atomic mass is 32.1. The quantitative estimate of drug-likeness (QED) is 0.735. The molecule has 1 unspecified atom stereocenters. The van der Waals surface area contributed by atoms with E-state index in [-0.39, 0.29) is 11.9 Å². The molecule has 4 heteroatoms. The fourth-order valence-corrected chi connectivity index (χ4v) is 3.43. The number of hydrogen-bond donors (Lipinski definition) is 1. The maximum Gasteiger partial charge on any atom is 0.126 e. The van der Waals surface area contributed by atoms with Gasteiger partial charge in [0.2, 0.25) is 0 Å². The largest absolute Gasteiger partial charge is 0.467 e. The molecule has 0 saturated heterocycles. The van der Waals surface area contributed by atoms with E-state index in [4.69, 9.17) is 4.42 Å². The van der Waals surface area contributed by atoms with Gasteiger partial charge in [0, 0.05) is 9.58 Å². The zero-order valence-corrected chi connectivity index (χ0v) is 12.0.